The van der Waals surface area contributed by atoms with Crippen molar-refractivity contribution in [2.75, 3.05) is 7.11 Å². The van der Waals surface area contributed by atoms with Gasteiger partial charge in [-0.25, -0.2) is 0 Å². The number of aromatic hydroxyl groups is 1. The van der Waals surface area contributed by atoms with Crippen molar-refractivity contribution in [1.82, 2.24) is 0 Å². The van der Waals surface area contributed by atoms with Crippen LogP contribution in [0.15, 0.2) is 17.1 Å². The molecule has 0 heterocycles. The zero-order valence-corrected chi connectivity index (χ0v) is 20.7. The molecule has 1 aromatic rings. The van der Waals surface area contributed by atoms with Crippen LogP contribution in [-0.4, -0.2) is 32.5 Å². The zero-order valence-electron chi connectivity index (χ0n) is 15.8. The van der Waals surface area contributed by atoms with Crippen molar-refractivity contribution in [2.24, 2.45) is 10.9 Å². The van der Waals surface area contributed by atoms with E-state index in [2.05, 4.69) is 26.6 Å². The van der Waals surface area contributed by atoms with Gasteiger partial charge in [0.15, 0.2) is 0 Å². The maximum atomic E-state index is 10.6. The minimum absolute atomic E-state index is 0.382. The Kier molecular flexibility index (Phi) is 10.3. The first-order valence-corrected chi connectivity index (χ1v) is 18.5. The molecule has 1 saturated carbocycles. The van der Waals surface area contributed by atoms with Crippen molar-refractivity contribution < 1.29 is 30.7 Å². The van der Waals surface area contributed by atoms with E-state index in [1.165, 1.54) is 19.3 Å². The molecule has 2 atom stereocenters. The molecule has 0 saturated heterocycles. The van der Waals surface area contributed by atoms with Crippen molar-refractivity contribution >= 4 is 36.5 Å². The number of phenolic OH excluding ortho intramolecular Hbond substituents is 1. The van der Waals surface area contributed by atoms with Crippen LogP contribution in [0.3, 0.4) is 0 Å². The first kappa shape index (κ1) is 23.2. The van der Waals surface area contributed by atoms with E-state index < -0.39 is 28.9 Å². The molecule has 2 rings (SSSR count). The number of benzene rings is 1. The predicted molar refractivity (Wildman–Crippen MR) is 108 cm³/mol. The minimum atomic E-state index is -1.63. The summed E-state index contributed by atoms with van der Waals surface area (Å²) < 4.78 is 5.41. The molecule has 0 spiro atoms. The Bertz CT molecular complexity index is 579. The summed E-state index contributed by atoms with van der Waals surface area (Å²) in [7, 11) is 9.91. The number of hydrogen-bond donors (Lipinski definition) is 1. The van der Waals surface area contributed by atoms with Crippen LogP contribution >= 0.6 is 17.0 Å². The number of halogens is 2. The van der Waals surface area contributed by atoms with E-state index in [-0.39, 0.29) is 0 Å². The Labute approximate surface area is 171 Å². The zero-order chi connectivity index (χ0) is 19.0. The van der Waals surface area contributed by atoms with Gasteiger partial charge >= 0.3 is 37.9 Å². The Hall–Kier alpha value is 0.170. The summed E-state index contributed by atoms with van der Waals surface area (Å²) in [4.78, 5) is 4.77. The van der Waals surface area contributed by atoms with Crippen molar-refractivity contribution in [3.05, 3.63) is 17.7 Å². The van der Waals surface area contributed by atoms with Gasteiger partial charge in [0, 0.05) is 11.8 Å². The molecule has 0 amide bonds. The van der Waals surface area contributed by atoms with Gasteiger partial charge in [-0.3, -0.25) is 4.99 Å². The molecule has 3 nitrogen and oxygen atoms in total. The Morgan fingerprint density at radius 3 is 2.36 bits per heavy atom. The molecular formula is C18H29Cl2NO2SiZr. The van der Waals surface area contributed by atoms with Gasteiger partial charge in [-0.15, -0.1) is 0 Å². The number of nitrogens with zero attached hydrogens (tertiary/aromatic N) is 1. The van der Waals surface area contributed by atoms with Crippen LogP contribution in [0.2, 0.25) is 19.6 Å². The number of hydrogen-bond acceptors (Lipinski definition) is 3. The van der Waals surface area contributed by atoms with Crippen LogP contribution in [0.5, 0.6) is 11.5 Å². The maximum absolute atomic E-state index is 10.6. The van der Waals surface area contributed by atoms with Crippen LogP contribution < -0.4 is 9.92 Å². The average molecular weight is 482 g/mol. The Balaban J connectivity index is 0.000000970. The molecule has 1 N–H and O–H groups in total. The van der Waals surface area contributed by atoms with E-state index >= 15 is 0 Å². The first-order valence-electron chi connectivity index (χ1n) is 8.65. The second kappa shape index (κ2) is 11.1. The number of phenols is 1. The normalized spacial score (nSPS) is 20.8. The summed E-state index contributed by atoms with van der Waals surface area (Å²) in [6.45, 7) is 8.96. The van der Waals surface area contributed by atoms with E-state index in [0.717, 1.165) is 22.9 Å². The van der Waals surface area contributed by atoms with E-state index in [1.54, 1.807) is 7.11 Å². The van der Waals surface area contributed by atoms with Gasteiger partial charge in [-0.05, 0) is 36.1 Å². The summed E-state index contributed by atoms with van der Waals surface area (Å²) in [5, 5.41) is 11.7. The molecule has 0 aromatic heterocycles. The third-order valence-electron chi connectivity index (χ3n) is 4.63. The van der Waals surface area contributed by atoms with Crippen molar-refractivity contribution in [3.8, 4) is 11.5 Å². The first-order chi connectivity index (χ1) is 11.7. The summed E-state index contributed by atoms with van der Waals surface area (Å²) in [6.07, 6.45) is 6.84. The van der Waals surface area contributed by atoms with E-state index in [9.17, 15) is 5.11 Å². The van der Waals surface area contributed by atoms with Gasteiger partial charge in [0.25, 0.3) is 0 Å². The van der Waals surface area contributed by atoms with Gasteiger partial charge in [-0.1, -0.05) is 39.4 Å². The third-order valence-corrected chi connectivity index (χ3v) is 6.63. The van der Waals surface area contributed by atoms with E-state index in [0.29, 0.717) is 17.7 Å². The summed E-state index contributed by atoms with van der Waals surface area (Å²) >= 11 is -0.826. The van der Waals surface area contributed by atoms with E-state index in [1.807, 2.05) is 18.3 Å². The molecule has 25 heavy (non-hydrogen) atoms. The van der Waals surface area contributed by atoms with Gasteiger partial charge in [0.2, 0.25) is 0 Å². The third kappa shape index (κ3) is 7.36. The number of rotatable bonds is 4. The fourth-order valence-electron chi connectivity index (χ4n) is 3.11. The molecule has 2 unspecified atom stereocenters. The molecular weight excluding hydrogens is 452 g/mol. The van der Waals surface area contributed by atoms with Crippen molar-refractivity contribution in [2.45, 2.75) is 58.3 Å². The van der Waals surface area contributed by atoms with E-state index in [4.69, 9.17) is 26.8 Å². The van der Waals surface area contributed by atoms with Crippen LogP contribution in [0, 0.1) is 5.92 Å². The van der Waals surface area contributed by atoms with Crippen LogP contribution in [-0.2, 0) is 20.8 Å². The summed E-state index contributed by atoms with van der Waals surface area (Å²) in [5.74, 6) is 1.81. The van der Waals surface area contributed by atoms with Crippen molar-refractivity contribution in [3.63, 3.8) is 0 Å². The molecule has 1 fully saturated rings. The Morgan fingerprint density at radius 2 is 1.84 bits per heavy atom. The monoisotopic (exact) mass is 479 g/mol. The van der Waals surface area contributed by atoms with Gasteiger partial charge < -0.3 is 9.84 Å². The molecule has 1 aliphatic rings. The van der Waals surface area contributed by atoms with Gasteiger partial charge in [0.1, 0.15) is 11.5 Å². The number of ether oxygens (including phenoxy) is 1. The van der Waals surface area contributed by atoms with Crippen molar-refractivity contribution in [1.29, 1.82) is 0 Å². The predicted octanol–water partition coefficient (Wildman–Crippen LogP) is 5.32. The fourth-order valence-corrected chi connectivity index (χ4v) is 4.54. The van der Waals surface area contributed by atoms with Gasteiger partial charge in [0.05, 0.1) is 21.2 Å². The second-order valence-electron chi connectivity index (χ2n) is 7.54. The van der Waals surface area contributed by atoms with Crippen LogP contribution in [0.1, 0.15) is 38.2 Å². The number of methoxy groups -OCH3 is 1. The van der Waals surface area contributed by atoms with Gasteiger partial charge in [-0.2, -0.15) is 0 Å². The molecule has 0 radical (unpaired) electrons. The molecule has 1 aliphatic carbocycles. The molecule has 140 valence electrons. The topological polar surface area (TPSA) is 41.8 Å². The standard InChI is InChI=1S/C18H29NO2Si.2ClH.Zr/c1-13-8-6-7-9-16(13)19-12-14-10-15(21-2)11-17(18(14)20)22(3,4)5;;;/h10-13,16,20H,6-9H2,1-5H3;2*1H;/q;;;+2/p-2. The van der Waals surface area contributed by atoms with Crippen LogP contribution in [0.4, 0.5) is 0 Å². The fraction of sp³-hybridized carbons (Fsp3) is 0.611. The molecule has 7 heteroatoms. The summed E-state index contributed by atoms with van der Waals surface area (Å²) in [6, 6.07) is 4.24. The average Bonchev–Trinajstić information content (AvgIpc) is 2.55. The molecule has 0 aliphatic heterocycles. The molecule has 0 bridgehead atoms. The quantitative estimate of drug-likeness (QED) is 0.467. The summed E-state index contributed by atoms with van der Waals surface area (Å²) in [5.41, 5.74) is 0.787. The van der Waals surface area contributed by atoms with Crippen LogP contribution in [0.25, 0.3) is 0 Å². The Morgan fingerprint density at radius 1 is 1.24 bits per heavy atom. The second-order valence-corrected chi connectivity index (χ2v) is 16.3. The molecule has 1 aromatic carbocycles. The number of aliphatic imine (C=N–C) groups is 1. The SMILES string of the molecule is COc1cc(C=NC2CCCCC2C)c(O)c([Si](C)(C)C)c1.[Cl][Zr][Cl].